The molecule has 5 heteroatoms. The summed E-state index contributed by atoms with van der Waals surface area (Å²) in [5.74, 6) is 0. The zero-order valence-electron chi connectivity index (χ0n) is 9.33. The molecule has 0 saturated heterocycles. The molecule has 17 heavy (non-hydrogen) atoms. The molecule has 2 aromatic rings. The Morgan fingerprint density at radius 1 is 1.18 bits per heavy atom. The van der Waals surface area contributed by atoms with Gasteiger partial charge < -0.3 is 0 Å². The first-order valence-corrected chi connectivity index (χ1v) is 4.78. The number of aromatic nitrogens is 1. The Morgan fingerprint density at radius 2 is 1.94 bits per heavy atom. The van der Waals surface area contributed by atoms with Gasteiger partial charge in [0.2, 0.25) is 0 Å². The molecule has 0 aliphatic carbocycles. The molecular weight excluding hydrogens is 254 g/mol. The molecule has 0 saturated carbocycles. The fourth-order valence-corrected chi connectivity index (χ4v) is 1.44. The molecule has 0 atom stereocenters. The third-order valence-electron chi connectivity index (χ3n) is 2.27. The van der Waals surface area contributed by atoms with Crippen molar-refractivity contribution in [2.75, 3.05) is 0 Å². The molecule has 0 aliphatic heterocycles. The molecule has 0 radical (unpaired) electrons. The number of rotatable bonds is 2. The Hall–Kier alpha value is -0.0736. The SMILES string of the molecule is FC(F)(F)c1ccc(Cc2ccc[cH-]2)nc1.[K+]. The first-order chi connectivity index (χ1) is 7.55. The van der Waals surface area contributed by atoms with Gasteiger partial charge in [0, 0.05) is 11.9 Å². The van der Waals surface area contributed by atoms with Gasteiger partial charge in [0.05, 0.1) is 5.56 Å². The Labute approximate surface area is 140 Å². The summed E-state index contributed by atoms with van der Waals surface area (Å²) in [5.41, 5.74) is 0.977. The van der Waals surface area contributed by atoms with Gasteiger partial charge in [-0.3, -0.25) is 4.98 Å². The van der Waals surface area contributed by atoms with Crippen LogP contribution in [0.15, 0.2) is 42.6 Å². The maximum absolute atomic E-state index is 12.3. The number of nitrogens with zero attached hydrogens (tertiary/aromatic N) is 1. The van der Waals surface area contributed by atoms with Crippen LogP contribution in [0, 0.1) is 0 Å². The van der Waals surface area contributed by atoms with E-state index in [1.807, 2.05) is 24.3 Å². The number of hydrogen-bond acceptors (Lipinski definition) is 1. The molecule has 1 aromatic heterocycles. The molecule has 0 bridgehead atoms. The van der Waals surface area contributed by atoms with E-state index in [2.05, 4.69) is 4.98 Å². The molecule has 84 valence electrons. The largest absolute Gasteiger partial charge is 1.00 e. The second-order valence-corrected chi connectivity index (χ2v) is 3.51. The maximum Gasteiger partial charge on any atom is 1.00 e. The molecular formula is C12H9F3KN. The van der Waals surface area contributed by atoms with Gasteiger partial charge in [0.1, 0.15) is 0 Å². The Bertz CT molecular complexity index is 446. The fraction of sp³-hybridized carbons (Fsp3) is 0.167. The molecule has 1 aromatic carbocycles. The topological polar surface area (TPSA) is 12.9 Å². The fourth-order valence-electron chi connectivity index (χ4n) is 1.44. The van der Waals surface area contributed by atoms with Crippen molar-refractivity contribution < 1.29 is 64.6 Å². The average Bonchev–Trinajstić information content (AvgIpc) is 2.70. The van der Waals surface area contributed by atoms with Crippen LogP contribution in [0.4, 0.5) is 13.2 Å². The predicted molar refractivity (Wildman–Crippen MR) is 54.1 cm³/mol. The van der Waals surface area contributed by atoms with Crippen LogP contribution in [-0.4, -0.2) is 4.98 Å². The number of alkyl halides is 3. The van der Waals surface area contributed by atoms with Gasteiger partial charge in [-0.05, 0) is 18.6 Å². The van der Waals surface area contributed by atoms with Crippen LogP contribution in [0.2, 0.25) is 0 Å². The maximum atomic E-state index is 12.3. The van der Waals surface area contributed by atoms with Crippen LogP contribution >= 0.6 is 0 Å². The number of pyridine rings is 1. The smallest absolute Gasteiger partial charge is 0.260 e. The monoisotopic (exact) mass is 263 g/mol. The minimum absolute atomic E-state index is 0. The minimum atomic E-state index is -4.31. The second-order valence-electron chi connectivity index (χ2n) is 3.51. The van der Waals surface area contributed by atoms with E-state index in [4.69, 9.17) is 0 Å². The van der Waals surface area contributed by atoms with Crippen molar-refractivity contribution >= 4 is 0 Å². The molecule has 0 spiro atoms. The van der Waals surface area contributed by atoms with E-state index in [-0.39, 0.29) is 51.4 Å². The quantitative estimate of drug-likeness (QED) is 0.565. The standard InChI is InChI=1S/C12H9F3N.K/c13-12(14,15)10-5-6-11(16-8-10)7-9-3-1-2-4-9;/h1-6,8H,7H2;/q-1;+1. The summed E-state index contributed by atoms with van der Waals surface area (Å²) in [6, 6.07) is 10.1. The van der Waals surface area contributed by atoms with Crippen LogP contribution in [-0.2, 0) is 12.6 Å². The van der Waals surface area contributed by atoms with E-state index in [9.17, 15) is 13.2 Å². The number of hydrogen-bond donors (Lipinski definition) is 0. The molecule has 1 heterocycles. The molecule has 0 aliphatic rings. The first kappa shape index (κ1) is 15.0. The third-order valence-corrected chi connectivity index (χ3v) is 2.27. The van der Waals surface area contributed by atoms with E-state index in [0.717, 1.165) is 17.8 Å². The summed E-state index contributed by atoms with van der Waals surface area (Å²) in [7, 11) is 0. The Morgan fingerprint density at radius 3 is 2.41 bits per heavy atom. The first-order valence-electron chi connectivity index (χ1n) is 4.78. The second kappa shape index (κ2) is 6.20. The predicted octanol–water partition coefficient (Wildman–Crippen LogP) is 0.414. The molecule has 0 N–H and O–H groups in total. The molecule has 2 rings (SSSR count). The van der Waals surface area contributed by atoms with Gasteiger partial charge in [0.15, 0.2) is 0 Å². The summed E-state index contributed by atoms with van der Waals surface area (Å²) in [6.07, 6.45) is -2.88. The van der Waals surface area contributed by atoms with Crippen LogP contribution in [0.1, 0.15) is 16.8 Å². The number of halogens is 3. The summed E-state index contributed by atoms with van der Waals surface area (Å²) >= 11 is 0. The summed E-state index contributed by atoms with van der Waals surface area (Å²) < 4.78 is 36.8. The van der Waals surface area contributed by atoms with Gasteiger partial charge in [-0.15, -0.1) is 0 Å². The molecule has 0 amide bonds. The van der Waals surface area contributed by atoms with Gasteiger partial charge in [-0.2, -0.15) is 30.9 Å². The average molecular weight is 263 g/mol. The zero-order valence-corrected chi connectivity index (χ0v) is 12.5. The van der Waals surface area contributed by atoms with Crippen molar-refractivity contribution in [2.45, 2.75) is 12.6 Å². The minimum Gasteiger partial charge on any atom is -0.260 e. The summed E-state index contributed by atoms with van der Waals surface area (Å²) in [4.78, 5) is 3.80. The van der Waals surface area contributed by atoms with Crippen LogP contribution in [0.5, 0.6) is 0 Å². The van der Waals surface area contributed by atoms with Crippen molar-refractivity contribution in [2.24, 2.45) is 0 Å². The summed E-state index contributed by atoms with van der Waals surface area (Å²) in [6.45, 7) is 0. The van der Waals surface area contributed by atoms with E-state index in [1.54, 1.807) is 0 Å². The van der Waals surface area contributed by atoms with Gasteiger partial charge in [-0.1, -0.05) is 0 Å². The van der Waals surface area contributed by atoms with Crippen molar-refractivity contribution in [3.05, 3.63) is 59.4 Å². The molecule has 0 fully saturated rings. The molecule has 1 nitrogen and oxygen atoms in total. The molecule has 0 unspecified atom stereocenters. The van der Waals surface area contributed by atoms with Crippen molar-refractivity contribution in [3.8, 4) is 0 Å². The van der Waals surface area contributed by atoms with Gasteiger partial charge >= 0.3 is 57.6 Å². The van der Waals surface area contributed by atoms with E-state index >= 15 is 0 Å². The van der Waals surface area contributed by atoms with Crippen LogP contribution < -0.4 is 51.4 Å². The zero-order chi connectivity index (χ0) is 11.6. The van der Waals surface area contributed by atoms with Crippen LogP contribution in [0.3, 0.4) is 0 Å². The Balaban J connectivity index is 0.00000144. The van der Waals surface area contributed by atoms with E-state index in [0.29, 0.717) is 12.1 Å². The van der Waals surface area contributed by atoms with Crippen molar-refractivity contribution in [1.29, 1.82) is 0 Å². The summed E-state index contributed by atoms with van der Waals surface area (Å²) in [5, 5.41) is 0. The normalized spacial score (nSPS) is 11.0. The Kier molecular flexibility index (Phi) is 5.46. The van der Waals surface area contributed by atoms with Crippen LogP contribution in [0.25, 0.3) is 0 Å². The van der Waals surface area contributed by atoms with Gasteiger partial charge in [0.25, 0.3) is 0 Å². The van der Waals surface area contributed by atoms with Crippen molar-refractivity contribution in [1.82, 2.24) is 4.98 Å². The van der Waals surface area contributed by atoms with Gasteiger partial charge in [-0.25, -0.2) is 12.1 Å². The van der Waals surface area contributed by atoms with Crippen molar-refractivity contribution in [3.63, 3.8) is 0 Å². The van der Waals surface area contributed by atoms with E-state index < -0.39 is 11.7 Å². The van der Waals surface area contributed by atoms with E-state index in [1.165, 1.54) is 6.07 Å². The third kappa shape index (κ3) is 4.26.